The van der Waals surface area contributed by atoms with Crippen molar-refractivity contribution in [1.82, 2.24) is 4.90 Å². The number of amides is 1. The van der Waals surface area contributed by atoms with Gasteiger partial charge in [0.1, 0.15) is 0 Å². The zero-order valence-corrected chi connectivity index (χ0v) is 9.82. The van der Waals surface area contributed by atoms with Crippen molar-refractivity contribution in [3.8, 4) is 0 Å². The Bertz CT molecular complexity index is 208. The zero-order chi connectivity index (χ0) is 11.8. The van der Waals surface area contributed by atoms with Gasteiger partial charge in [-0.3, -0.25) is 9.59 Å². The summed E-state index contributed by atoms with van der Waals surface area (Å²) in [4.78, 5) is 23.1. The lowest BCUT2D eigenvalue weighted by Gasteiger charge is -2.30. The minimum atomic E-state index is -0.735. The first-order valence-electron chi connectivity index (χ1n) is 5.57. The number of likely N-dealkylation sites (tertiary alicyclic amines) is 1. The predicted octanol–water partition coefficient (Wildman–Crippen LogP) is 1.75. The number of piperidine rings is 1. The van der Waals surface area contributed by atoms with Crippen LogP contribution in [0.1, 0.15) is 40.0 Å². The summed E-state index contributed by atoms with van der Waals surface area (Å²) in [5, 5.41) is 8.56. The lowest BCUT2D eigenvalue weighted by molar-refractivity contribution is -0.138. The average Bonchev–Trinajstić information content (AvgIpc) is 2.20. The molecule has 0 atom stereocenters. The highest BCUT2D eigenvalue weighted by atomic mass is 16.4. The first-order valence-corrected chi connectivity index (χ1v) is 5.57. The summed E-state index contributed by atoms with van der Waals surface area (Å²) in [6.45, 7) is 6.98. The van der Waals surface area contributed by atoms with Gasteiger partial charge in [0, 0.05) is 26.4 Å². The molecule has 4 heteroatoms. The molecule has 4 nitrogen and oxygen atoms in total. The maximum Gasteiger partial charge on any atom is 0.303 e. The summed E-state index contributed by atoms with van der Waals surface area (Å²) in [5.74, 6) is -0.386. The Kier molecular flexibility index (Phi) is 6.75. The van der Waals surface area contributed by atoms with Gasteiger partial charge in [-0.15, -0.1) is 0 Å². The molecule has 0 saturated carbocycles. The molecule has 1 N–H and O–H groups in total. The SMILES string of the molecule is CC.CC(=O)N1CCC(CC(=O)O)CC1. The molecule has 0 spiro atoms. The maximum atomic E-state index is 10.9. The maximum absolute atomic E-state index is 10.9. The van der Waals surface area contributed by atoms with E-state index in [0.717, 1.165) is 12.8 Å². The molecule has 0 aliphatic carbocycles. The second-order valence-corrected chi connectivity index (χ2v) is 3.55. The van der Waals surface area contributed by atoms with Crippen molar-refractivity contribution in [2.75, 3.05) is 13.1 Å². The first-order chi connectivity index (χ1) is 7.09. The lowest BCUT2D eigenvalue weighted by Crippen LogP contribution is -2.37. The summed E-state index contributed by atoms with van der Waals surface area (Å²) in [6, 6.07) is 0. The largest absolute Gasteiger partial charge is 0.481 e. The minimum absolute atomic E-state index is 0.0915. The summed E-state index contributed by atoms with van der Waals surface area (Å²) in [5.41, 5.74) is 0. The smallest absolute Gasteiger partial charge is 0.303 e. The number of hydrogen-bond donors (Lipinski definition) is 1. The molecule has 0 unspecified atom stereocenters. The molecule has 0 aromatic carbocycles. The van der Waals surface area contributed by atoms with Crippen LogP contribution in [0.25, 0.3) is 0 Å². The third-order valence-electron chi connectivity index (χ3n) is 2.52. The van der Waals surface area contributed by atoms with Gasteiger partial charge >= 0.3 is 5.97 Å². The van der Waals surface area contributed by atoms with E-state index in [1.807, 2.05) is 13.8 Å². The van der Waals surface area contributed by atoms with Gasteiger partial charge < -0.3 is 10.0 Å². The normalized spacial score (nSPS) is 16.6. The fourth-order valence-electron chi connectivity index (χ4n) is 1.70. The Morgan fingerprint density at radius 1 is 1.27 bits per heavy atom. The van der Waals surface area contributed by atoms with Crippen LogP contribution in [0, 0.1) is 5.92 Å². The van der Waals surface area contributed by atoms with Gasteiger partial charge in [0.15, 0.2) is 0 Å². The van der Waals surface area contributed by atoms with Crippen LogP contribution in [0.2, 0.25) is 0 Å². The molecule has 0 aromatic heterocycles. The monoisotopic (exact) mass is 215 g/mol. The molecule has 0 radical (unpaired) electrons. The van der Waals surface area contributed by atoms with Crippen LogP contribution >= 0.6 is 0 Å². The predicted molar refractivity (Wildman–Crippen MR) is 58.6 cm³/mol. The number of carboxylic acids is 1. The van der Waals surface area contributed by atoms with Crippen LogP contribution in [0.4, 0.5) is 0 Å². The molecule has 1 aliphatic heterocycles. The average molecular weight is 215 g/mol. The van der Waals surface area contributed by atoms with Gasteiger partial charge in [0.2, 0.25) is 5.91 Å². The van der Waals surface area contributed by atoms with E-state index in [4.69, 9.17) is 5.11 Å². The highest BCUT2D eigenvalue weighted by Crippen LogP contribution is 2.20. The Morgan fingerprint density at radius 2 is 1.73 bits per heavy atom. The molecule has 0 bridgehead atoms. The van der Waals surface area contributed by atoms with E-state index in [-0.39, 0.29) is 18.2 Å². The van der Waals surface area contributed by atoms with Crippen molar-refractivity contribution < 1.29 is 14.7 Å². The number of carbonyl (C=O) groups is 2. The quantitative estimate of drug-likeness (QED) is 0.763. The summed E-state index contributed by atoms with van der Waals surface area (Å²) >= 11 is 0. The van der Waals surface area contributed by atoms with Gasteiger partial charge in [0.05, 0.1) is 0 Å². The molecule has 1 aliphatic rings. The van der Waals surface area contributed by atoms with Gasteiger partial charge in [-0.1, -0.05) is 13.8 Å². The number of aliphatic carboxylic acids is 1. The molecule has 1 amide bonds. The van der Waals surface area contributed by atoms with Gasteiger partial charge in [0.25, 0.3) is 0 Å². The van der Waals surface area contributed by atoms with E-state index in [9.17, 15) is 9.59 Å². The number of rotatable bonds is 2. The molecule has 1 heterocycles. The van der Waals surface area contributed by atoms with Gasteiger partial charge in [-0.25, -0.2) is 0 Å². The zero-order valence-electron chi connectivity index (χ0n) is 9.82. The minimum Gasteiger partial charge on any atom is -0.481 e. The highest BCUT2D eigenvalue weighted by molar-refractivity contribution is 5.73. The van der Waals surface area contributed by atoms with Crippen LogP contribution in [0.5, 0.6) is 0 Å². The number of carboxylic acid groups (broad SMARTS) is 1. The summed E-state index contributed by atoms with van der Waals surface area (Å²) in [7, 11) is 0. The van der Waals surface area contributed by atoms with E-state index in [1.165, 1.54) is 0 Å². The van der Waals surface area contributed by atoms with Crippen LogP contribution in [0.3, 0.4) is 0 Å². The lowest BCUT2D eigenvalue weighted by atomic mass is 9.94. The van der Waals surface area contributed by atoms with Gasteiger partial charge in [-0.05, 0) is 18.8 Å². The van der Waals surface area contributed by atoms with E-state index >= 15 is 0 Å². The van der Waals surface area contributed by atoms with Crippen molar-refractivity contribution in [3.63, 3.8) is 0 Å². The van der Waals surface area contributed by atoms with Crippen molar-refractivity contribution in [2.24, 2.45) is 5.92 Å². The molecule has 88 valence electrons. The van der Waals surface area contributed by atoms with Crippen LogP contribution in [-0.2, 0) is 9.59 Å². The Hall–Kier alpha value is -1.06. The van der Waals surface area contributed by atoms with E-state index in [2.05, 4.69) is 0 Å². The van der Waals surface area contributed by atoms with Crippen LogP contribution < -0.4 is 0 Å². The highest BCUT2D eigenvalue weighted by Gasteiger charge is 2.22. The van der Waals surface area contributed by atoms with Crippen molar-refractivity contribution in [3.05, 3.63) is 0 Å². The third-order valence-corrected chi connectivity index (χ3v) is 2.52. The van der Waals surface area contributed by atoms with Crippen molar-refractivity contribution in [1.29, 1.82) is 0 Å². The molecule has 0 aromatic rings. The molecule has 1 saturated heterocycles. The van der Waals surface area contributed by atoms with Crippen LogP contribution in [0.15, 0.2) is 0 Å². The standard InChI is InChI=1S/C9H15NO3.C2H6/c1-7(11)10-4-2-8(3-5-10)6-9(12)13;1-2/h8H,2-6H2,1H3,(H,12,13);1-2H3. The van der Waals surface area contributed by atoms with Crippen LogP contribution in [-0.4, -0.2) is 35.0 Å². The molecular formula is C11H21NO3. The number of hydrogen-bond acceptors (Lipinski definition) is 2. The third kappa shape index (κ3) is 5.40. The number of carbonyl (C=O) groups excluding carboxylic acids is 1. The fraction of sp³-hybridized carbons (Fsp3) is 0.818. The second-order valence-electron chi connectivity index (χ2n) is 3.55. The summed E-state index contributed by atoms with van der Waals surface area (Å²) in [6.07, 6.45) is 1.89. The molecule has 1 fully saturated rings. The Balaban J connectivity index is 0.000000921. The second kappa shape index (κ2) is 7.26. The number of nitrogens with zero attached hydrogens (tertiary/aromatic N) is 1. The van der Waals surface area contributed by atoms with Crippen molar-refractivity contribution in [2.45, 2.75) is 40.0 Å². The van der Waals surface area contributed by atoms with E-state index in [1.54, 1.807) is 11.8 Å². The topological polar surface area (TPSA) is 57.6 Å². The Labute approximate surface area is 91.3 Å². The van der Waals surface area contributed by atoms with Gasteiger partial charge in [-0.2, -0.15) is 0 Å². The van der Waals surface area contributed by atoms with Crippen molar-refractivity contribution >= 4 is 11.9 Å². The molecular weight excluding hydrogens is 194 g/mol. The Morgan fingerprint density at radius 3 is 2.07 bits per heavy atom. The summed E-state index contributed by atoms with van der Waals surface area (Å²) < 4.78 is 0. The van der Waals surface area contributed by atoms with E-state index in [0.29, 0.717) is 13.1 Å². The first kappa shape index (κ1) is 13.9. The molecule has 1 rings (SSSR count). The van der Waals surface area contributed by atoms with E-state index < -0.39 is 5.97 Å². The fourth-order valence-corrected chi connectivity index (χ4v) is 1.70. The molecule has 15 heavy (non-hydrogen) atoms.